The zero-order valence-electron chi connectivity index (χ0n) is 16.5. The lowest BCUT2D eigenvalue weighted by Crippen LogP contribution is -2.50. The summed E-state index contributed by atoms with van der Waals surface area (Å²) in [5.74, 6) is 0.515. The van der Waals surface area contributed by atoms with Crippen molar-refractivity contribution in [3.05, 3.63) is 125 Å². The Bertz CT molecular complexity index is 1210. The van der Waals surface area contributed by atoms with Crippen molar-refractivity contribution in [2.75, 3.05) is 0 Å². The highest BCUT2D eigenvalue weighted by Gasteiger charge is 2.70. The highest BCUT2D eigenvalue weighted by atomic mass is 16.7. The molecule has 0 fully saturated rings. The second-order valence-corrected chi connectivity index (χ2v) is 7.98. The number of hydrogen-bond donors (Lipinski definition) is 1. The van der Waals surface area contributed by atoms with Crippen molar-refractivity contribution in [2.24, 2.45) is 0 Å². The standard InChI is InChI=1S/C27H20O3/c1-18-12-14-22-24(16-18)29-27(20-10-6-3-7-11-20)26(22,19-8-4-2-5-9-19)23-15-13-21(28)17-25(23)30-27/h2-17,28H,1H3. The Labute approximate surface area is 175 Å². The Morgan fingerprint density at radius 3 is 1.87 bits per heavy atom. The number of phenols is 1. The number of aryl methyl sites for hydroxylation is 1. The van der Waals surface area contributed by atoms with Gasteiger partial charge in [0.05, 0.1) is 0 Å². The Balaban J connectivity index is 1.79. The molecule has 2 unspecified atom stereocenters. The van der Waals surface area contributed by atoms with Crippen LogP contribution in [-0.4, -0.2) is 5.11 Å². The summed E-state index contributed by atoms with van der Waals surface area (Å²) in [6.07, 6.45) is 0. The van der Waals surface area contributed by atoms with Gasteiger partial charge in [-0.3, -0.25) is 0 Å². The molecule has 2 aliphatic rings. The summed E-state index contributed by atoms with van der Waals surface area (Å²) in [5, 5.41) is 10.2. The topological polar surface area (TPSA) is 38.7 Å². The van der Waals surface area contributed by atoms with Gasteiger partial charge in [-0.25, -0.2) is 0 Å². The van der Waals surface area contributed by atoms with E-state index in [-0.39, 0.29) is 5.75 Å². The Hall–Kier alpha value is -3.72. The first kappa shape index (κ1) is 17.2. The van der Waals surface area contributed by atoms with Gasteiger partial charge < -0.3 is 14.6 Å². The largest absolute Gasteiger partial charge is 0.508 e. The molecule has 2 aliphatic heterocycles. The zero-order valence-corrected chi connectivity index (χ0v) is 16.5. The number of benzene rings is 4. The number of aromatic hydroxyl groups is 1. The SMILES string of the molecule is Cc1ccc2c(c1)OC1(c3ccccc3)Oc3cc(O)ccc3C21c1ccccc1. The van der Waals surface area contributed by atoms with E-state index < -0.39 is 11.2 Å². The lowest BCUT2D eigenvalue weighted by atomic mass is 9.64. The van der Waals surface area contributed by atoms with Gasteiger partial charge in [0.25, 0.3) is 5.79 Å². The minimum atomic E-state index is -1.11. The highest BCUT2D eigenvalue weighted by molar-refractivity contribution is 5.69. The fourth-order valence-corrected chi connectivity index (χ4v) is 5.09. The fraction of sp³-hybridized carbons (Fsp3) is 0.111. The van der Waals surface area contributed by atoms with Crippen LogP contribution in [0.25, 0.3) is 0 Å². The number of hydrogen-bond acceptors (Lipinski definition) is 3. The average molecular weight is 392 g/mol. The second kappa shape index (κ2) is 5.90. The first-order valence-corrected chi connectivity index (χ1v) is 10.1. The van der Waals surface area contributed by atoms with Crippen molar-refractivity contribution in [3.8, 4) is 17.2 Å². The van der Waals surface area contributed by atoms with Crippen molar-refractivity contribution < 1.29 is 14.6 Å². The molecular formula is C27H20O3. The van der Waals surface area contributed by atoms with E-state index in [1.54, 1.807) is 12.1 Å². The lowest BCUT2D eigenvalue weighted by Gasteiger charge is -2.38. The maximum absolute atomic E-state index is 10.2. The van der Waals surface area contributed by atoms with Crippen LogP contribution in [0.2, 0.25) is 0 Å². The molecule has 0 amide bonds. The van der Waals surface area contributed by atoms with Crippen molar-refractivity contribution in [2.45, 2.75) is 18.1 Å². The summed E-state index contributed by atoms with van der Waals surface area (Å²) >= 11 is 0. The third-order valence-corrected chi connectivity index (χ3v) is 6.27. The molecule has 4 aromatic carbocycles. The predicted molar refractivity (Wildman–Crippen MR) is 115 cm³/mol. The fourth-order valence-electron chi connectivity index (χ4n) is 5.09. The molecule has 2 heterocycles. The van der Waals surface area contributed by atoms with E-state index in [1.165, 1.54) is 0 Å². The van der Waals surface area contributed by atoms with Gasteiger partial charge in [0.15, 0.2) is 0 Å². The molecule has 0 saturated carbocycles. The van der Waals surface area contributed by atoms with Gasteiger partial charge in [-0.05, 0) is 30.2 Å². The summed E-state index contributed by atoms with van der Waals surface area (Å²) < 4.78 is 13.4. The van der Waals surface area contributed by atoms with Crippen LogP contribution in [0.1, 0.15) is 27.8 Å². The minimum absolute atomic E-state index is 0.171. The molecule has 146 valence electrons. The third-order valence-electron chi connectivity index (χ3n) is 6.27. The number of phenolic OH excluding ortho intramolecular Hbond substituents is 1. The van der Waals surface area contributed by atoms with Gasteiger partial charge in [0.1, 0.15) is 22.7 Å². The summed E-state index contributed by atoms with van der Waals surface area (Å²) in [4.78, 5) is 0. The molecule has 0 aliphatic carbocycles. The molecule has 3 nitrogen and oxygen atoms in total. The van der Waals surface area contributed by atoms with E-state index in [1.807, 2.05) is 54.6 Å². The molecular weight excluding hydrogens is 372 g/mol. The number of ether oxygens (including phenoxy) is 2. The van der Waals surface area contributed by atoms with Crippen LogP contribution < -0.4 is 9.47 Å². The van der Waals surface area contributed by atoms with Gasteiger partial charge in [-0.15, -0.1) is 0 Å². The number of fused-ring (bicyclic) bond motifs is 5. The normalized spacial score (nSPS) is 23.1. The number of rotatable bonds is 2. The smallest absolute Gasteiger partial charge is 0.296 e. The van der Waals surface area contributed by atoms with Gasteiger partial charge >= 0.3 is 0 Å². The Morgan fingerprint density at radius 1 is 0.633 bits per heavy atom. The van der Waals surface area contributed by atoms with Gasteiger partial charge in [-0.2, -0.15) is 0 Å². The first-order valence-electron chi connectivity index (χ1n) is 10.1. The van der Waals surface area contributed by atoms with Gasteiger partial charge in [0, 0.05) is 22.8 Å². The van der Waals surface area contributed by atoms with E-state index in [9.17, 15) is 5.11 Å². The van der Waals surface area contributed by atoms with Crippen molar-refractivity contribution >= 4 is 0 Å². The molecule has 2 atom stereocenters. The van der Waals surface area contributed by atoms with Crippen molar-refractivity contribution in [1.82, 2.24) is 0 Å². The predicted octanol–water partition coefficient (Wildman–Crippen LogP) is 5.67. The summed E-state index contributed by atoms with van der Waals surface area (Å²) in [7, 11) is 0. The average Bonchev–Trinajstić information content (AvgIpc) is 3.21. The lowest BCUT2D eigenvalue weighted by molar-refractivity contribution is -0.119. The zero-order chi connectivity index (χ0) is 20.3. The van der Waals surface area contributed by atoms with Gasteiger partial charge in [-0.1, -0.05) is 78.9 Å². The molecule has 3 heteroatoms. The molecule has 0 aromatic heterocycles. The minimum Gasteiger partial charge on any atom is -0.508 e. The van der Waals surface area contributed by atoms with Crippen LogP contribution in [0, 0.1) is 6.92 Å². The highest BCUT2D eigenvalue weighted by Crippen LogP contribution is 2.67. The van der Waals surface area contributed by atoms with Crippen LogP contribution >= 0.6 is 0 Å². The summed E-state index contributed by atoms with van der Waals surface area (Å²) in [6, 6.07) is 32.1. The molecule has 0 saturated heterocycles. The second-order valence-electron chi connectivity index (χ2n) is 7.98. The van der Waals surface area contributed by atoms with Crippen LogP contribution in [0.5, 0.6) is 17.2 Å². The molecule has 1 N–H and O–H groups in total. The summed E-state index contributed by atoms with van der Waals surface area (Å²) in [6.45, 7) is 2.06. The van der Waals surface area contributed by atoms with E-state index in [2.05, 4.69) is 37.3 Å². The maximum atomic E-state index is 10.2. The van der Waals surface area contributed by atoms with Crippen LogP contribution in [-0.2, 0) is 11.2 Å². The Kier molecular flexibility index (Phi) is 3.37. The van der Waals surface area contributed by atoms with Crippen LogP contribution in [0.4, 0.5) is 0 Å². The van der Waals surface area contributed by atoms with Crippen LogP contribution in [0.15, 0.2) is 97.1 Å². The van der Waals surface area contributed by atoms with Gasteiger partial charge in [0.2, 0.25) is 0 Å². The van der Waals surface area contributed by atoms with E-state index >= 15 is 0 Å². The molecule has 0 bridgehead atoms. The monoisotopic (exact) mass is 392 g/mol. The van der Waals surface area contributed by atoms with Crippen molar-refractivity contribution in [3.63, 3.8) is 0 Å². The van der Waals surface area contributed by atoms with E-state index in [0.717, 1.165) is 33.6 Å². The van der Waals surface area contributed by atoms with E-state index in [4.69, 9.17) is 9.47 Å². The maximum Gasteiger partial charge on any atom is 0.296 e. The molecule has 4 aromatic rings. The molecule has 0 spiro atoms. The molecule has 30 heavy (non-hydrogen) atoms. The Morgan fingerprint density at radius 2 is 1.20 bits per heavy atom. The summed E-state index contributed by atoms with van der Waals surface area (Å²) in [5.41, 5.74) is 4.48. The quantitative estimate of drug-likeness (QED) is 0.477. The first-order chi connectivity index (χ1) is 14.6. The van der Waals surface area contributed by atoms with Crippen LogP contribution in [0.3, 0.4) is 0 Å². The third kappa shape index (κ3) is 1.99. The molecule has 6 rings (SSSR count). The molecule has 0 radical (unpaired) electrons. The van der Waals surface area contributed by atoms with E-state index in [0.29, 0.717) is 5.75 Å². The van der Waals surface area contributed by atoms with Crippen molar-refractivity contribution in [1.29, 1.82) is 0 Å².